The third kappa shape index (κ3) is 2.68. The lowest BCUT2D eigenvalue weighted by atomic mass is 10.3. The number of rotatable bonds is 2. The maximum Gasteiger partial charge on any atom is 0.256 e. The molecule has 4 nitrogen and oxygen atoms in total. The fourth-order valence-electron chi connectivity index (χ4n) is 1.10. The van der Waals surface area contributed by atoms with Crippen LogP contribution < -0.4 is 4.74 Å². The maximum absolute atomic E-state index is 13.3. The second-order valence-corrected chi connectivity index (χ2v) is 3.47. The lowest BCUT2D eigenvalue weighted by Gasteiger charge is -2.04. The predicted octanol–water partition coefficient (Wildman–Crippen LogP) is 2.93. The molecule has 0 atom stereocenters. The van der Waals surface area contributed by atoms with Crippen molar-refractivity contribution in [3.05, 3.63) is 47.1 Å². The molecule has 84 valence electrons. The molecule has 0 N–H and O–H groups in total. The predicted molar refractivity (Wildman–Crippen MR) is 58.2 cm³/mol. The third-order valence-corrected chi connectivity index (χ3v) is 2.05. The summed E-state index contributed by atoms with van der Waals surface area (Å²) in [5, 5.41) is 8.74. The number of hydrogen-bond acceptors (Lipinski definition) is 4. The van der Waals surface area contributed by atoms with Crippen LogP contribution in [-0.2, 0) is 0 Å². The fourth-order valence-corrected chi connectivity index (χ4v) is 1.24. The molecular formula is C11H5ClFN3O. The SMILES string of the molecule is N#Cc1ccc(Oc2ncc(Cl)cc2F)cn1. The van der Waals surface area contributed by atoms with Gasteiger partial charge in [0.15, 0.2) is 5.82 Å². The second-order valence-electron chi connectivity index (χ2n) is 3.03. The zero-order valence-corrected chi connectivity index (χ0v) is 9.15. The number of pyridine rings is 2. The highest BCUT2D eigenvalue weighted by Gasteiger charge is 2.07. The van der Waals surface area contributed by atoms with Crippen molar-refractivity contribution in [1.29, 1.82) is 5.26 Å². The van der Waals surface area contributed by atoms with Crippen LogP contribution in [0.4, 0.5) is 4.39 Å². The fraction of sp³-hybridized carbons (Fsp3) is 0. The smallest absolute Gasteiger partial charge is 0.256 e. The molecule has 0 aliphatic rings. The van der Waals surface area contributed by atoms with E-state index in [0.717, 1.165) is 6.07 Å². The van der Waals surface area contributed by atoms with E-state index in [1.165, 1.54) is 24.5 Å². The van der Waals surface area contributed by atoms with Crippen LogP contribution >= 0.6 is 11.6 Å². The number of halogens is 2. The average Bonchev–Trinajstić information content (AvgIpc) is 2.34. The Bertz CT molecular complexity index is 580. The van der Waals surface area contributed by atoms with Gasteiger partial charge in [-0.2, -0.15) is 5.26 Å². The second kappa shape index (κ2) is 4.76. The van der Waals surface area contributed by atoms with E-state index in [4.69, 9.17) is 21.6 Å². The molecule has 2 aromatic rings. The van der Waals surface area contributed by atoms with Gasteiger partial charge in [-0.05, 0) is 18.2 Å². The van der Waals surface area contributed by atoms with Crippen LogP contribution in [-0.4, -0.2) is 9.97 Å². The molecule has 17 heavy (non-hydrogen) atoms. The molecule has 0 radical (unpaired) electrons. The molecule has 2 aromatic heterocycles. The van der Waals surface area contributed by atoms with Gasteiger partial charge in [0.1, 0.15) is 17.5 Å². The molecule has 0 aliphatic heterocycles. The first-order valence-corrected chi connectivity index (χ1v) is 4.92. The molecule has 2 heterocycles. The lowest BCUT2D eigenvalue weighted by Crippen LogP contribution is -1.92. The first-order chi connectivity index (χ1) is 8.19. The first-order valence-electron chi connectivity index (χ1n) is 4.54. The van der Waals surface area contributed by atoms with Crippen LogP contribution in [0.1, 0.15) is 5.69 Å². The van der Waals surface area contributed by atoms with Crippen molar-refractivity contribution in [3.63, 3.8) is 0 Å². The molecule has 0 saturated heterocycles. The van der Waals surface area contributed by atoms with Crippen molar-refractivity contribution < 1.29 is 9.13 Å². The molecule has 6 heteroatoms. The van der Waals surface area contributed by atoms with Gasteiger partial charge < -0.3 is 4.74 Å². The Hall–Kier alpha value is -2.19. The minimum Gasteiger partial charge on any atom is -0.435 e. The van der Waals surface area contributed by atoms with Crippen molar-refractivity contribution >= 4 is 11.6 Å². The largest absolute Gasteiger partial charge is 0.435 e. The van der Waals surface area contributed by atoms with E-state index in [9.17, 15) is 4.39 Å². The van der Waals surface area contributed by atoms with E-state index in [1.54, 1.807) is 0 Å². The number of nitriles is 1. The normalized spacial score (nSPS) is 9.71. The van der Waals surface area contributed by atoms with Crippen molar-refractivity contribution in [2.75, 3.05) is 0 Å². The van der Waals surface area contributed by atoms with E-state index in [-0.39, 0.29) is 22.3 Å². The summed E-state index contributed by atoms with van der Waals surface area (Å²) in [6.07, 6.45) is 2.59. The Morgan fingerprint density at radius 3 is 2.71 bits per heavy atom. The molecule has 0 aromatic carbocycles. The van der Waals surface area contributed by atoms with E-state index in [2.05, 4.69) is 9.97 Å². The number of ether oxygens (including phenoxy) is 1. The number of nitrogens with zero attached hydrogens (tertiary/aromatic N) is 3. The molecule has 0 spiro atoms. The first kappa shape index (κ1) is 11.3. The third-order valence-electron chi connectivity index (χ3n) is 1.84. The van der Waals surface area contributed by atoms with Gasteiger partial charge in [0, 0.05) is 6.20 Å². The molecule has 0 bridgehead atoms. The highest BCUT2D eigenvalue weighted by atomic mass is 35.5. The summed E-state index contributed by atoms with van der Waals surface area (Å²) in [7, 11) is 0. The summed E-state index contributed by atoms with van der Waals surface area (Å²) in [6, 6.07) is 5.92. The van der Waals surface area contributed by atoms with E-state index >= 15 is 0 Å². The Kier molecular flexibility index (Phi) is 3.17. The summed E-state index contributed by atoms with van der Waals surface area (Å²) >= 11 is 5.55. The van der Waals surface area contributed by atoms with E-state index in [1.807, 2.05) is 6.07 Å². The molecule has 0 saturated carbocycles. The monoisotopic (exact) mass is 249 g/mol. The molecule has 0 aliphatic carbocycles. The van der Waals surface area contributed by atoms with Crippen LogP contribution in [0.3, 0.4) is 0 Å². The average molecular weight is 250 g/mol. The van der Waals surface area contributed by atoms with Crippen molar-refractivity contribution in [2.24, 2.45) is 0 Å². The topological polar surface area (TPSA) is 58.8 Å². The quantitative estimate of drug-likeness (QED) is 0.821. The van der Waals surface area contributed by atoms with E-state index < -0.39 is 5.82 Å². The van der Waals surface area contributed by atoms with Crippen LogP contribution in [0, 0.1) is 17.1 Å². The molecule has 0 amide bonds. The minimum atomic E-state index is -0.665. The van der Waals surface area contributed by atoms with Gasteiger partial charge in [-0.1, -0.05) is 11.6 Å². The zero-order chi connectivity index (χ0) is 12.3. The maximum atomic E-state index is 13.3. The van der Waals surface area contributed by atoms with Gasteiger partial charge in [0.25, 0.3) is 5.88 Å². The summed E-state index contributed by atoms with van der Waals surface area (Å²) in [5.74, 6) is -0.569. The standard InChI is InChI=1S/C11H5ClFN3O/c12-7-3-10(13)11(16-5-7)17-9-2-1-8(4-14)15-6-9/h1-3,5-6H. The Morgan fingerprint density at radius 2 is 2.12 bits per heavy atom. The Morgan fingerprint density at radius 1 is 1.29 bits per heavy atom. The zero-order valence-electron chi connectivity index (χ0n) is 8.39. The van der Waals surface area contributed by atoms with Crippen LogP contribution in [0.25, 0.3) is 0 Å². The Balaban J connectivity index is 2.23. The summed E-state index contributed by atoms with van der Waals surface area (Å²) in [6.45, 7) is 0. The Labute approximate surface area is 101 Å². The van der Waals surface area contributed by atoms with Crippen molar-refractivity contribution in [1.82, 2.24) is 9.97 Å². The lowest BCUT2D eigenvalue weighted by molar-refractivity contribution is 0.421. The van der Waals surface area contributed by atoms with Gasteiger partial charge in [-0.25, -0.2) is 14.4 Å². The van der Waals surface area contributed by atoms with Gasteiger partial charge in [-0.15, -0.1) is 0 Å². The summed E-state index contributed by atoms with van der Waals surface area (Å²) in [5.41, 5.74) is 0.252. The van der Waals surface area contributed by atoms with Gasteiger partial charge in [0.2, 0.25) is 0 Å². The highest BCUT2D eigenvalue weighted by molar-refractivity contribution is 6.30. The molecule has 2 rings (SSSR count). The van der Waals surface area contributed by atoms with Crippen LogP contribution in [0.15, 0.2) is 30.6 Å². The van der Waals surface area contributed by atoms with Crippen LogP contribution in [0.5, 0.6) is 11.6 Å². The van der Waals surface area contributed by atoms with Gasteiger partial charge in [-0.3, -0.25) is 0 Å². The molecular weight excluding hydrogens is 245 g/mol. The summed E-state index contributed by atoms with van der Waals surface area (Å²) in [4.78, 5) is 7.47. The van der Waals surface area contributed by atoms with Crippen molar-refractivity contribution in [3.8, 4) is 17.7 Å². The minimum absolute atomic E-state index is 0.188. The van der Waals surface area contributed by atoms with Crippen molar-refractivity contribution in [2.45, 2.75) is 0 Å². The highest BCUT2D eigenvalue weighted by Crippen LogP contribution is 2.23. The molecule has 0 unspecified atom stereocenters. The van der Waals surface area contributed by atoms with E-state index in [0.29, 0.717) is 0 Å². The van der Waals surface area contributed by atoms with Gasteiger partial charge in [0.05, 0.1) is 11.2 Å². The summed E-state index contributed by atoms with van der Waals surface area (Å²) < 4.78 is 18.5. The number of hydrogen-bond donors (Lipinski definition) is 0. The molecule has 0 fully saturated rings. The van der Waals surface area contributed by atoms with Crippen LogP contribution in [0.2, 0.25) is 5.02 Å². The number of aromatic nitrogens is 2. The van der Waals surface area contributed by atoms with Gasteiger partial charge >= 0.3 is 0 Å².